The predicted octanol–water partition coefficient (Wildman–Crippen LogP) is 0.883. The monoisotopic (exact) mass is 221 g/mol. The third-order valence-electron chi connectivity index (χ3n) is 2.27. The third-order valence-corrected chi connectivity index (χ3v) is 2.27. The Morgan fingerprint density at radius 2 is 2.31 bits per heavy atom. The first-order chi connectivity index (χ1) is 7.58. The number of fused-ring (bicyclic) bond motifs is 1. The van der Waals surface area contributed by atoms with E-state index in [1.54, 1.807) is 6.92 Å². The fourth-order valence-electron chi connectivity index (χ4n) is 1.57. The molecule has 0 saturated carbocycles. The zero-order valence-electron chi connectivity index (χ0n) is 8.85. The van der Waals surface area contributed by atoms with Crippen molar-refractivity contribution in [1.82, 2.24) is 9.55 Å². The molecule has 0 spiro atoms. The molecule has 84 valence electrons. The van der Waals surface area contributed by atoms with E-state index < -0.39 is 5.82 Å². The lowest BCUT2D eigenvalue weighted by atomic mass is 10.2. The van der Waals surface area contributed by atoms with Gasteiger partial charge in [-0.3, -0.25) is 9.36 Å². The second kappa shape index (κ2) is 4.02. The van der Waals surface area contributed by atoms with E-state index in [-0.39, 0.29) is 17.0 Å². The Bertz CT molecular complexity index is 577. The van der Waals surface area contributed by atoms with Crippen LogP contribution < -0.4 is 11.3 Å². The maximum absolute atomic E-state index is 13.0. The summed E-state index contributed by atoms with van der Waals surface area (Å²) in [5, 5.41) is 0.281. The van der Waals surface area contributed by atoms with Gasteiger partial charge in [0, 0.05) is 12.6 Å². The molecular formula is C11H12FN3O. The van der Waals surface area contributed by atoms with Crippen LogP contribution in [0.1, 0.15) is 6.92 Å². The summed E-state index contributed by atoms with van der Waals surface area (Å²) >= 11 is 0. The molecule has 0 bridgehead atoms. The minimum Gasteiger partial charge on any atom is -0.326 e. The van der Waals surface area contributed by atoms with Crippen molar-refractivity contribution in [3.05, 3.63) is 40.7 Å². The van der Waals surface area contributed by atoms with E-state index in [2.05, 4.69) is 4.98 Å². The smallest absolute Gasteiger partial charge is 0.261 e. The van der Waals surface area contributed by atoms with Gasteiger partial charge in [-0.1, -0.05) is 0 Å². The highest BCUT2D eigenvalue weighted by Gasteiger charge is 2.06. The molecule has 2 N–H and O–H groups in total. The van der Waals surface area contributed by atoms with Crippen LogP contribution >= 0.6 is 0 Å². The standard InChI is InChI=1S/C11H12FN3O/c1-7(13)5-15-6-14-10-3-2-8(12)4-9(10)11(15)16/h2-4,6-7H,5,13H2,1H3. The van der Waals surface area contributed by atoms with E-state index >= 15 is 0 Å². The fourth-order valence-corrected chi connectivity index (χ4v) is 1.57. The molecule has 16 heavy (non-hydrogen) atoms. The van der Waals surface area contributed by atoms with Gasteiger partial charge in [0.15, 0.2) is 0 Å². The lowest BCUT2D eigenvalue weighted by Gasteiger charge is -2.08. The van der Waals surface area contributed by atoms with E-state index in [1.165, 1.54) is 29.1 Å². The van der Waals surface area contributed by atoms with Crippen molar-refractivity contribution < 1.29 is 4.39 Å². The van der Waals surface area contributed by atoms with Gasteiger partial charge in [-0.25, -0.2) is 9.37 Å². The topological polar surface area (TPSA) is 60.9 Å². The molecule has 0 fully saturated rings. The zero-order valence-corrected chi connectivity index (χ0v) is 8.85. The molecule has 0 amide bonds. The van der Waals surface area contributed by atoms with Crippen LogP contribution in [0.4, 0.5) is 4.39 Å². The van der Waals surface area contributed by atoms with Crippen LogP contribution in [-0.2, 0) is 6.54 Å². The second-order valence-corrected chi connectivity index (χ2v) is 3.84. The summed E-state index contributed by atoms with van der Waals surface area (Å²) in [6, 6.07) is 3.82. The Morgan fingerprint density at radius 1 is 1.56 bits per heavy atom. The molecule has 0 saturated heterocycles. The quantitative estimate of drug-likeness (QED) is 0.819. The van der Waals surface area contributed by atoms with Gasteiger partial charge in [-0.15, -0.1) is 0 Å². The first kappa shape index (κ1) is 10.8. The molecule has 1 unspecified atom stereocenters. The Balaban J connectivity index is 2.64. The van der Waals surface area contributed by atoms with Crippen molar-refractivity contribution in [3.63, 3.8) is 0 Å². The van der Waals surface area contributed by atoms with Crippen LogP contribution in [0.3, 0.4) is 0 Å². The summed E-state index contributed by atoms with van der Waals surface area (Å²) in [5.41, 5.74) is 5.84. The lowest BCUT2D eigenvalue weighted by molar-refractivity contribution is 0.569. The first-order valence-electron chi connectivity index (χ1n) is 4.98. The van der Waals surface area contributed by atoms with E-state index in [0.29, 0.717) is 12.1 Å². The van der Waals surface area contributed by atoms with Crippen LogP contribution in [0, 0.1) is 5.82 Å². The molecule has 0 aliphatic heterocycles. The Morgan fingerprint density at radius 3 is 3.00 bits per heavy atom. The number of halogens is 1. The summed E-state index contributed by atoms with van der Waals surface area (Å²) < 4.78 is 14.4. The average molecular weight is 221 g/mol. The van der Waals surface area contributed by atoms with Crippen LogP contribution in [-0.4, -0.2) is 15.6 Å². The first-order valence-corrected chi connectivity index (χ1v) is 4.98. The Hall–Kier alpha value is -1.75. The van der Waals surface area contributed by atoms with Crippen molar-refractivity contribution >= 4 is 10.9 Å². The summed E-state index contributed by atoms with van der Waals surface area (Å²) in [4.78, 5) is 16.0. The van der Waals surface area contributed by atoms with Gasteiger partial charge in [0.25, 0.3) is 5.56 Å². The maximum Gasteiger partial charge on any atom is 0.261 e. The summed E-state index contributed by atoms with van der Waals surface area (Å²) in [6.45, 7) is 2.17. The Labute approximate surface area is 91.5 Å². The largest absolute Gasteiger partial charge is 0.326 e. The fraction of sp³-hybridized carbons (Fsp3) is 0.273. The molecule has 2 rings (SSSR count). The van der Waals surface area contributed by atoms with Gasteiger partial charge in [-0.2, -0.15) is 0 Å². The van der Waals surface area contributed by atoms with Crippen LogP contribution in [0.5, 0.6) is 0 Å². The average Bonchev–Trinajstić information content (AvgIpc) is 2.22. The highest BCUT2D eigenvalue weighted by molar-refractivity contribution is 5.77. The van der Waals surface area contributed by atoms with E-state index in [0.717, 1.165) is 0 Å². The maximum atomic E-state index is 13.0. The normalized spacial score (nSPS) is 12.9. The number of rotatable bonds is 2. The Kier molecular flexibility index (Phi) is 2.70. The van der Waals surface area contributed by atoms with Crippen molar-refractivity contribution in [3.8, 4) is 0 Å². The van der Waals surface area contributed by atoms with Crippen molar-refractivity contribution in [2.24, 2.45) is 5.73 Å². The van der Waals surface area contributed by atoms with Crippen LogP contribution in [0.25, 0.3) is 10.9 Å². The van der Waals surface area contributed by atoms with Gasteiger partial charge < -0.3 is 5.73 Å². The van der Waals surface area contributed by atoms with E-state index in [9.17, 15) is 9.18 Å². The molecule has 0 radical (unpaired) electrons. The van der Waals surface area contributed by atoms with Gasteiger partial charge in [0.05, 0.1) is 17.2 Å². The molecule has 1 heterocycles. The summed E-state index contributed by atoms with van der Waals surface area (Å²) in [6.07, 6.45) is 1.44. The van der Waals surface area contributed by atoms with E-state index in [4.69, 9.17) is 5.73 Å². The number of hydrogen-bond acceptors (Lipinski definition) is 3. The van der Waals surface area contributed by atoms with Crippen LogP contribution in [0.15, 0.2) is 29.3 Å². The molecule has 1 atom stereocenters. The molecule has 5 heteroatoms. The zero-order chi connectivity index (χ0) is 11.7. The molecule has 4 nitrogen and oxygen atoms in total. The summed E-state index contributed by atoms with van der Waals surface area (Å²) in [5.74, 6) is -0.440. The minimum absolute atomic E-state index is 0.148. The van der Waals surface area contributed by atoms with Crippen molar-refractivity contribution in [1.29, 1.82) is 0 Å². The lowest BCUT2D eigenvalue weighted by Crippen LogP contribution is -2.30. The van der Waals surface area contributed by atoms with E-state index in [1.807, 2.05) is 0 Å². The summed E-state index contributed by atoms with van der Waals surface area (Å²) in [7, 11) is 0. The van der Waals surface area contributed by atoms with Gasteiger partial charge in [0.1, 0.15) is 5.82 Å². The molecule has 1 aromatic carbocycles. The minimum atomic E-state index is -0.440. The molecule has 1 aromatic heterocycles. The number of hydrogen-bond donors (Lipinski definition) is 1. The van der Waals surface area contributed by atoms with Gasteiger partial charge >= 0.3 is 0 Å². The molecule has 2 aromatic rings. The molecule has 0 aliphatic rings. The number of benzene rings is 1. The number of nitrogens with zero attached hydrogens (tertiary/aromatic N) is 2. The second-order valence-electron chi connectivity index (χ2n) is 3.84. The van der Waals surface area contributed by atoms with Gasteiger partial charge in [-0.05, 0) is 25.1 Å². The number of nitrogens with two attached hydrogens (primary N) is 1. The predicted molar refractivity (Wildman–Crippen MR) is 59.6 cm³/mol. The highest BCUT2D eigenvalue weighted by Crippen LogP contribution is 2.08. The van der Waals surface area contributed by atoms with Crippen LogP contribution in [0.2, 0.25) is 0 Å². The highest BCUT2D eigenvalue weighted by atomic mass is 19.1. The molecule has 0 aliphatic carbocycles. The SMILES string of the molecule is CC(N)Cn1cnc2ccc(F)cc2c1=O. The van der Waals surface area contributed by atoms with Crippen molar-refractivity contribution in [2.45, 2.75) is 19.5 Å². The van der Waals surface area contributed by atoms with Crippen molar-refractivity contribution in [2.75, 3.05) is 0 Å². The number of aromatic nitrogens is 2. The van der Waals surface area contributed by atoms with Gasteiger partial charge in [0.2, 0.25) is 0 Å². The molecular weight excluding hydrogens is 209 g/mol. The third kappa shape index (κ3) is 1.94.